The number of nitrogens with zero attached hydrogens (tertiary/aromatic N) is 2. The predicted molar refractivity (Wildman–Crippen MR) is 101 cm³/mol. The van der Waals surface area contributed by atoms with E-state index in [9.17, 15) is 9.59 Å². The van der Waals surface area contributed by atoms with E-state index < -0.39 is 5.97 Å². The van der Waals surface area contributed by atoms with Crippen LogP contribution in [0.4, 0.5) is 5.69 Å². The molecule has 1 N–H and O–H groups in total. The quantitative estimate of drug-likeness (QED) is 0.715. The van der Waals surface area contributed by atoms with Crippen molar-refractivity contribution in [3.05, 3.63) is 53.3 Å². The van der Waals surface area contributed by atoms with Crippen molar-refractivity contribution in [3.8, 4) is 0 Å². The van der Waals surface area contributed by atoms with Gasteiger partial charge in [0.2, 0.25) is 5.91 Å². The van der Waals surface area contributed by atoms with Crippen molar-refractivity contribution in [2.24, 2.45) is 7.05 Å². The van der Waals surface area contributed by atoms with Crippen LogP contribution in [0, 0.1) is 13.8 Å². The number of nitrogens with one attached hydrogen (secondary N) is 1. The summed E-state index contributed by atoms with van der Waals surface area (Å²) in [4.78, 5) is 24.9. The molecule has 0 atom stereocenters. The average Bonchev–Trinajstić information content (AvgIpc) is 3.11. The van der Waals surface area contributed by atoms with Gasteiger partial charge in [0.25, 0.3) is 0 Å². The zero-order chi connectivity index (χ0) is 18.8. The van der Waals surface area contributed by atoms with Crippen LogP contribution in [-0.4, -0.2) is 27.6 Å². The SMILES string of the molecule is CCOC(=O)c1cc2c(ccn2C)n1CC(=O)Nc1ccc(C)cc1C. The Balaban J connectivity index is 1.90. The van der Waals surface area contributed by atoms with E-state index in [1.165, 1.54) is 0 Å². The molecule has 0 aliphatic rings. The van der Waals surface area contributed by atoms with Crippen molar-refractivity contribution in [2.45, 2.75) is 27.3 Å². The topological polar surface area (TPSA) is 65.3 Å². The van der Waals surface area contributed by atoms with Crippen LogP contribution in [0.5, 0.6) is 0 Å². The van der Waals surface area contributed by atoms with Crippen molar-refractivity contribution in [2.75, 3.05) is 11.9 Å². The number of rotatable bonds is 5. The lowest BCUT2D eigenvalue weighted by Crippen LogP contribution is -2.22. The van der Waals surface area contributed by atoms with Gasteiger partial charge >= 0.3 is 5.97 Å². The Morgan fingerprint density at radius 1 is 1.12 bits per heavy atom. The summed E-state index contributed by atoms with van der Waals surface area (Å²) in [5.41, 5.74) is 5.00. The largest absolute Gasteiger partial charge is 0.461 e. The Kier molecular flexibility index (Phi) is 4.84. The van der Waals surface area contributed by atoms with Gasteiger partial charge in [0.15, 0.2) is 0 Å². The molecule has 0 unspecified atom stereocenters. The molecule has 0 aliphatic heterocycles. The number of carbonyl (C=O) groups is 2. The molecule has 0 fully saturated rings. The minimum Gasteiger partial charge on any atom is -0.461 e. The van der Waals surface area contributed by atoms with Crippen LogP contribution in [-0.2, 0) is 23.1 Å². The molecule has 0 saturated heterocycles. The summed E-state index contributed by atoms with van der Waals surface area (Å²) in [6.45, 7) is 6.05. The number of aryl methyl sites for hydroxylation is 3. The fourth-order valence-electron chi connectivity index (χ4n) is 3.10. The van der Waals surface area contributed by atoms with Gasteiger partial charge in [-0.3, -0.25) is 4.79 Å². The molecule has 0 spiro atoms. The molecule has 0 aliphatic carbocycles. The summed E-state index contributed by atoms with van der Waals surface area (Å²) >= 11 is 0. The third kappa shape index (κ3) is 3.35. The van der Waals surface area contributed by atoms with E-state index in [-0.39, 0.29) is 19.1 Å². The molecule has 1 aromatic carbocycles. The number of aromatic nitrogens is 2. The van der Waals surface area contributed by atoms with Crippen LogP contribution in [0.15, 0.2) is 36.5 Å². The molecule has 0 radical (unpaired) electrons. The smallest absolute Gasteiger partial charge is 0.355 e. The minimum absolute atomic E-state index is 0.0367. The van der Waals surface area contributed by atoms with Crippen LogP contribution in [0.25, 0.3) is 11.0 Å². The van der Waals surface area contributed by atoms with Gasteiger partial charge in [-0.15, -0.1) is 0 Å². The van der Waals surface area contributed by atoms with Crippen LogP contribution in [0.2, 0.25) is 0 Å². The summed E-state index contributed by atoms with van der Waals surface area (Å²) in [5.74, 6) is -0.619. The molecule has 0 bridgehead atoms. The molecule has 3 aromatic rings. The highest BCUT2D eigenvalue weighted by molar-refractivity contribution is 5.97. The molecule has 0 saturated carbocycles. The lowest BCUT2D eigenvalue weighted by Gasteiger charge is -2.12. The monoisotopic (exact) mass is 353 g/mol. The first-order valence-corrected chi connectivity index (χ1v) is 8.59. The Hall–Kier alpha value is -3.02. The number of ether oxygens (including phenoxy) is 1. The highest BCUT2D eigenvalue weighted by atomic mass is 16.5. The van der Waals surface area contributed by atoms with E-state index in [1.807, 2.05) is 55.9 Å². The molecule has 136 valence electrons. The van der Waals surface area contributed by atoms with Crippen LogP contribution in [0.1, 0.15) is 28.5 Å². The van der Waals surface area contributed by atoms with Gasteiger partial charge in [-0.2, -0.15) is 0 Å². The number of fused-ring (bicyclic) bond motifs is 1. The molecule has 1 amide bonds. The number of carbonyl (C=O) groups excluding carboxylic acids is 2. The fourth-order valence-corrected chi connectivity index (χ4v) is 3.10. The van der Waals surface area contributed by atoms with Gasteiger partial charge in [0.05, 0.1) is 17.6 Å². The van der Waals surface area contributed by atoms with Gasteiger partial charge in [-0.1, -0.05) is 17.7 Å². The molecule has 3 rings (SSSR count). The number of amides is 1. The van der Waals surface area contributed by atoms with E-state index in [0.29, 0.717) is 5.69 Å². The zero-order valence-electron chi connectivity index (χ0n) is 15.5. The Morgan fingerprint density at radius 2 is 1.88 bits per heavy atom. The van der Waals surface area contributed by atoms with Crippen LogP contribution < -0.4 is 5.32 Å². The number of hydrogen-bond donors (Lipinski definition) is 1. The molecule has 2 aromatic heterocycles. The maximum Gasteiger partial charge on any atom is 0.355 e. The lowest BCUT2D eigenvalue weighted by molar-refractivity contribution is -0.116. The van der Waals surface area contributed by atoms with E-state index in [4.69, 9.17) is 4.74 Å². The fraction of sp³-hybridized carbons (Fsp3) is 0.300. The van der Waals surface area contributed by atoms with E-state index in [1.54, 1.807) is 17.6 Å². The predicted octanol–water partition coefficient (Wildman–Crippen LogP) is 3.41. The van der Waals surface area contributed by atoms with E-state index >= 15 is 0 Å². The summed E-state index contributed by atoms with van der Waals surface area (Å²) in [5, 5.41) is 2.93. The van der Waals surface area contributed by atoms with Gasteiger partial charge in [0.1, 0.15) is 12.2 Å². The molecule has 26 heavy (non-hydrogen) atoms. The van der Waals surface area contributed by atoms with Gasteiger partial charge in [-0.25, -0.2) is 4.79 Å². The van der Waals surface area contributed by atoms with Gasteiger partial charge in [-0.05, 0) is 44.5 Å². The van der Waals surface area contributed by atoms with Crippen LogP contribution in [0.3, 0.4) is 0 Å². The summed E-state index contributed by atoms with van der Waals surface area (Å²) in [7, 11) is 1.90. The molecule has 6 nitrogen and oxygen atoms in total. The first kappa shape index (κ1) is 17.8. The summed E-state index contributed by atoms with van der Waals surface area (Å²) in [6.07, 6.45) is 1.90. The Bertz CT molecular complexity index is 982. The summed E-state index contributed by atoms with van der Waals surface area (Å²) < 4.78 is 8.75. The van der Waals surface area contributed by atoms with Crippen molar-refractivity contribution >= 4 is 28.6 Å². The second-order valence-corrected chi connectivity index (χ2v) is 6.40. The Labute approximate surface area is 152 Å². The maximum atomic E-state index is 12.6. The first-order chi connectivity index (χ1) is 12.4. The molecule has 6 heteroatoms. The third-order valence-electron chi connectivity index (χ3n) is 4.40. The second-order valence-electron chi connectivity index (χ2n) is 6.40. The standard InChI is InChI=1S/C20H23N3O3/c1-5-26-20(25)18-11-17-16(8-9-22(17)4)23(18)12-19(24)21-15-7-6-13(2)10-14(15)3/h6-11H,5,12H2,1-4H3,(H,21,24). The van der Waals surface area contributed by atoms with Crippen LogP contribution >= 0.6 is 0 Å². The van der Waals surface area contributed by atoms with Gasteiger partial charge < -0.3 is 19.2 Å². The van der Waals surface area contributed by atoms with Crippen molar-refractivity contribution in [1.82, 2.24) is 9.13 Å². The summed E-state index contributed by atoms with van der Waals surface area (Å²) in [6, 6.07) is 9.52. The zero-order valence-corrected chi connectivity index (χ0v) is 15.5. The van der Waals surface area contributed by atoms with Gasteiger partial charge in [0, 0.05) is 18.9 Å². The van der Waals surface area contributed by atoms with E-state index in [2.05, 4.69) is 5.32 Å². The van der Waals surface area contributed by atoms with Crippen molar-refractivity contribution in [1.29, 1.82) is 0 Å². The highest BCUT2D eigenvalue weighted by Crippen LogP contribution is 2.22. The number of anilines is 1. The average molecular weight is 353 g/mol. The molecule has 2 heterocycles. The number of benzene rings is 1. The lowest BCUT2D eigenvalue weighted by atomic mass is 10.1. The van der Waals surface area contributed by atoms with Crippen molar-refractivity contribution in [3.63, 3.8) is 0 Å². The Morgan fingerprint density at radius 3 is 2.58 bits per heavy atom. The molecular formula is C20H23N3O3. The van der Waals surface area contributed by atoms with Crippen molar-refractivity contribution < 1.29 is 14.3 Å². The second kappa shape index (κ2) is 7.07. The normalized spacial score (nSPS) is 10.9. The molecular weight excluding hydrogens is 330 g/mol. The third-order valence-corrected chi connectivity index (χ3v) is 4.40. The number of esters is 1. The highest BCUT2D eigenvalue weighted by Gasteiger charge is 2.20. The minimum atomic E-state index is -0.428. The first-order valence-electron chi connectivity index (χ1n) is 8.59. The van der Waals surface area contributed by atoms with E-state index in [0.717, 1.165) is 27.8 Å². The number of hydrogen-bond acceptors (Lipinski definition) is 3. The maximum absolute atomic E-state index is 12.6.